The van der Waals surface area contributed by atoms with Crippen molar-refractivity contribution in [3.8, 4) is 5.75 Å². The molecule has 2 fully saturated rings. The number of ether oxygens (including phenoxy) is 2. The average molecular weight is 554 g/mol. The third-order valence-corrected chi connectivity index (χ3v) is 7.61. The number of nitrogens with zero attached hydrogens (tertiary/aromatic N) is 3. The summed E-state index contributed by atoms with van der Waals surface area (Å²) < 4.78 is 12.3. The number of aromatic hydroxyl groups is 1. The molecule has 2 amide bonds. The Bertz CT molecular complexity index is 1260. The summed E-state index contributed by atoms with van der Waals surface area (Å²) >= 11 is 0. The number of hydrogen-bond donors (Lipinski definition) is 1. The quantitative estimate of drug-likeness (QED) is 0.467. The van der Waals surface area contributed by atoms with Gasteiger partial charge >= 0.3 is 6.09 Å². The number of phenolic OH excluding ortho intramolecular Hbond substituents is 1. The lowest BCUT2D eigenvalue weighted by atomic mass is 9.79. The molecule has 0 unspecified atom stereocenters. The average Bonchev–Trinajstić information content (AvgIpc) is 3.72. The summed E-state index contributed by atoms with van der Waals surface area (Å²) in [5.41, 5.74) is 1.92. The summed E-state index contributed by atoms with van der Waals surface area (Å²) in [7, 11) is 3.37. The molecule has 9 heteroatoms. The van der Waals surface area contributed by atoms with Crippen molar-refractivity contribution in [3.05, 3.63) is 63.6 Å². The number of rotatable bonds is 9. The zero-order valence-corrected chi connectivity index (χ0v) is 24.4. The number of pyridine rings is 1. The van der Waals surface area contributed by atoms with Gasteiger partial charge in [-0.2, -0.15) is 0 Å². The van der Waals surface area contributed by atoms with Gasteiger partial charge in [0.1, 0.15) is 11.4 Å². The number of phenols is 1. The van der Waals surface area contributed by atoms with E-state index in [-0.39, 0.29) is 35.7 Å². The fourth-order valence-corrected chi connectivity index (χ4v) is 5.47. The number of carbonyl (C=O) groups excluding carboxylic acids is 2. The van der Waals surface area contributed by atoms with Crippen LogP contribution in [0.2, 0.25) is 0 Å². The molecule has 40 heavy (non-hydrogen) atoms. The Morgan fingerprint density at radius 1 is 1.10 bits per heavy atom. The van der Waals surface area contributed by atoms with E-state index in [2.05, 4.69) is 0 Å². The molecule has 1 saturated carbocycles. The number of benzene rings is 1. The zero-order valence-electron chi connectivity index (χ0n) is 24.4. The molecule has 1 N–H and O–H groups in total. The number of carbonyl (C=O) groups is 2. The molecular formula is C31H43N3O6. The molecule has 0 radical (unpaired) electrons. The van der Waals surface area contributed by atoms with Crippen LogP contribution in [-0.4, -0.2) is 69.9 Å². The third kappa shape index (κ3) is 7.65. The van der Waals surface area contributed by atoms with Crippen molar-refractivity contribution in [3.63, 3.8) is 0 Å². The maximum Gasteiger partial charge on any atom is 0.410 e. The zero-order chi connectivity index (χ0) is 29.0. The minimum absolute atomic E-state index is 0.0364. The molecule has 218 valence electrons. The van der Waals surface area contributed by atoms with E-state index in [0.29, 0.717) is 26.1 Å². The Hall–Kier alpha value is -3.33. The fourth-order valence-electron chi connectivity index (χ4n) is 5.47. The maximum absolute atomic E-state index is 14.3. The Labute approximate surface area is 236 Å². The van der Waals surface area contributed by atoms with Gasteiger partial charge in [-0.15, -0.1) is 0 Å². The second kappa shape index (κ2) is 12.5. The molecule has 1 aliphatic carbocycles. The first-order chi connectivity index (χ1) is 18.9. The first-order valence-electron chi connectivity index (χ1n) is 14.2. The van der Waals surface area contributed by atoms with E-state index < -0.39 is 17.6 Å². The summed E-state index contributed by atoms with van der Waals surface area (Å²) in [6, 6.07) is 9.15. The number of hydrogen-bond acceptors (Lipinski definition) is 6. The van der Waals surface area contributed by atoms with Crippen molar-refractivity contribution >= 4 is 12.0 Å². The van der Waals surface area contributed by atoms with Crippen LogP contribution in [0, 0.1) is 5.92 Å². The van der Waals surface area contributed by atoms with E-state index in [0.717, 1.165) is 42.4 Å². The number of amides is 2. The summed E-state index contributed by atoms with van der Waals surface area (Å²) in [4.78, 5) is 43.4. The van der Waals surface area contributed by atoms with Crippen molar-refractivity contribution in [1.82, 2.24) is 14.4 Å². The predicted molar refractivity (Wildman–Crippen MR) is 152 cm³/mol. The van der Waals surface area contributed by atoms with Crippen LogP contribution in [0.25, 0.3) is 0 Å². The number of aromatic nitrogens is 1. The van der Waals surface area contributed by atoms with Crippen LogP contribution in [0.5, 0.6) is 5.75 Å². The Morgan fingerprint density at radius 3 is 2.48 bits per heavy atom. The first-order valence-corrected chi connectivity index (χ1v) is 14.2. The van der Waals surface area contributed by atoms with Crippen LogP contribution in [0.4, 0.5) is 4.79 Å². The summed E-state index contributed by atoms with van der Waals surface area (Å²) in [6.07, 6.45) is 5.30. The van der Waals surface area contributed by atoms with Gasteiger partial charge in [0.25, 0.3) is 5.56 Å². The molecule has 2 heterocycles. The van der Waals surface area contributed by atoms with Crippen molar-refractivity contribution < 1.29 is 24.2 Å². The minimum atomic E-state index is -0.643. The predicted octanol–water partition coefficient (Wildman–Crippen LogP) is 4.20. The minimum Gasteiger partial charge on any atom is -0.508 e. The lowest BCUT2D eigenvalue weighted by molar-refractivity contribution is -0.139. The second-order valence-corrected chi connectivity index (χ2v) is 12.1. The fraction of sp³-hybridized carbons (Fsp3) is 0.581. The molecule has 4 rings (SSSR count). The molecule has 1 aromatic carbocycles. The van der Waals surface area contributed by atoms with Crippen molar-refractivity contribution in [2.24, 2.45) is 13.0 Å². The molecule has 0 bridgehead atoms. The lowest BCUT2D eigenvalue weighted by Gasteiger charge is -2.40. The van der Waals surface area contributed by atoms with E-state index in [1.807, 2.05) is 37.8 Å². The van der Waals surface area contributed by atoms with Crippen molar-refractivity contribution in [1.29, 1.82) is 0 Å². The summed E-state index contributed by atoms with van der Waals surface area (Å²) in [5, 5.41) is 10.4. The summed E-state index contributed by atoms with van der Waals surface area (Å²) in [6.45, 7) is 7.16. The SMILES string of the molecule is COCCCc1cc(O)cc(CN(C(=O)[C@H]2CN(C(=O)OC(C)(C)C)CC[C@@H]2c2ccn(C)c(=O)c2)C2CC2)c1. The van der Waals surface area contributed by atoms with Crippen molar-refractivity contribution in [2.75, 3.05) is 26.8 Å². The largest absolute Gasteiger partial charge is 0.508 e. The molecule has 0 spiro atoms. The molecule has 2 atom stereocenters. The third-order valence-electron chi connectivity index (χ3n) is 7.61. The molecular weight excluding hydrogens is 510 g/mol. The Morgan fingerprint density at radius 2 is 1.82 bits per heavy atom. The molecule has 2 aromatic rings. The van der Waals surface area contributed by atoms with E-state index >= 15 is 0 Å². The molecule has 1 aromatic heterocycles. The van der Waals surface area contributed by atoms with E-state index in [1.54, 1.807) is 43.5 Å². The van der Waals surface area contributed by atoms with Gasteiger partial charge in [0.15, 0.2) is 0 Å². The smallest absolute Gasteiger partial charge is 0.410 e. The first kappa shape index (κ1) is 29.6. The van der Waals surface area contributed by atoms with Gasteiger partial charge in [-0.25, -0.2) is 4.79 Å². The maximum atomic E-state index is 14.3. The highest BCUT2D eigenvalue weighted by Gasteiger charge is 2.43. The van der Waals surface area contributed by atoms with Gasteiger partial charge in [-0.3, -0.25) is 9.59 Å². The van der Waals surface area contributed by atoms with Gasteiger partial charge in [0.05, 0.1) is 5.92 Å². The second-order valence-electron chi connectivity index (χ2n) is 12.1. The van der Waals surface area contributed by atoms with Crippen LogP contribution < -0.4 is 5.56 Å². The molecule has 1 aliphatic heterocycles. The van der Waals surface area contributed by atoms with Gasteiger partial charge in [0.2, 0.25) is 5.91 Å². The van der Waals surface area contributed by atoms with Crippen LogP contribution in [0.3, 0.4) is 0 Å². The number of aryl methyl sites for hydroxylation is 2. The van der Waals surface area contributed by atoms with Gasteiger partial charge < -0.3 is 28.9 Å². The number of piperidine rings is 1. The highest BCUT2D eigenvalue weighted by Crippen LogP contribution is 2.38. The normalized spacial score (nSPS) is 19.4. The van der Waals surface area contributed by atoms with E-state index in [1.165, 1.54) is 4.57 Å². The highest BCUT2D eigenvalue weighted by atomic mass is 16.6. The van der Waals surface area contributed by atoms with E-state index in [4.69, 9.17) is 9.47 Å². The Kier molecular flexibility index (Phi) is 9.23. The number of methoxy groups -OCH3 is 1. The standard InChI is InChI=1S/C31H43N3O6/c1-31(2,3)40-30(38)33-13-11-26(23-10-12-32(4)28(36)18-23)27(20-33)29(37)34(24-8-9-24)19-22-15-21(7-6-14-39-5)16-25(35)17-22/h10,12,15-18,24,26-27,35H,6-9,11,13-14,19-20H2,1-5H3/t26-,27+/m1/s1. The van der Waals surface area contributed by atoms with Crippen LogP contribution in [-0.2, 0) is 34.3 Å². The van der Waals surface area contributed by atoms with Crippen LogP contribution in [0.15, 0.2) is 41.3 Å². The lowest BCUT2D eigenvalue weighted by Crippen LogP contribution is -2.51. The molecule has 1 saturated heterocycles. The monoisotopic (exact) mass is 553 g/mol. The molecule has 2 aliphatic rings. The van der Waals surface area contributed by atoms with Gasteiger partial charge in [0, 0.05) is 58.7 Å². The Balaban J connectivity index is 1.61. The van der Waals surface area contributed by atoms with Gasteiger partial charge in [-0.05, 0) is 93.7 Å². The molecule has 9 nitrogen and oxygen atoms in total. The van der Waals surface area contributed by atoms with Gasteiger partial charge in [-0.1, -0.05) is 6.07 Å². The van der Waals surface area contributed by atoms with Crippen molar-refractivity contribution in [2.45, 2.75) is 77.0 Å². The van der Waals surface area contributed by atoms with E-state index in [9.17, 15) is 19.5 Å². The summed E-state index contributed by atoms with van der Waals surface area (Å²) in [5.74, 6) is -0.576. The number of likely N-dealkylation sites (tertiary alicyclic amines) is 1. The highest BCUT2D eigenvalue weighted by molar-refractivity contribution is 5.82. The van der Waals surface area contributed by atoms with Crippen LogP contribution in [0.1, 0.15) is 69.1 Å². The van der Waals surface area contributed by atoms with Crippen LogP contribution >= 0.6 is 0 Å². The topological polar surface area (TPSA) is 101 Å².